The van der Waals surface area contributed by atoms with Crippen molar-refractivity contribution in [3.8, 4) is 11.4 Å². The average molecular weight is 281 g/mol. The van der Waals surface area contributed by atoms with Gasteiger partial charge in [-0.2, -0.15) is 4.98 Å². The van der Waals surface area contributed by atoms with Crippen LogP contribution in [0.15, 0.2) is 41.1 Å². The second kappa shape index (κ2) is 5.44. The third-order valence-corrected chi connectivity index (χ3v) is 3.50. The van der Waals surface area contributed by atoms with Crippen LogP contribution in [0.4, 0.5) is 0 Å². The van der Waals surface area contributed by atoms with Crippen molar-refractivity contribution in [3.63, 3.8) is 0 Å². The Labute approximate surface area is 122 Å². The lowest BCUT2D eigenvalue weighted by Crippen LogP contribution is -2.07. The quantitative estimate of drug-likeness (QED) is 0.733. The Morgan fingerprint density at radius 3 is 2.95 bits per heavy atom. The van der Waals surface area contributed by atoms with Gasteiger partial charge in [-0.3, -0.25) is 9.78 Å². The van der Waals surface area contributed by atoms with Crippen molar-refractivity contribution in [2.45, 2.75) is 26.2 Å². The highest BCUT2D eigenvalue weighted by molar-refractivity contribution is 5.83. The van der Waals surface area contributed by atoms with E-state index in [4.69, 9.17) is 4.52 Å². The number of ketones is 1. The number of pyridine rings is 1. The summed E-state index contributed by atoms with van der Waals surface area (Å²) in [7, 11) is 0. The first-order valence-corrected chi connectivity index (χ1v) is 6.88. The lowest BCUT2D eigenvalue weighted by atomic mass is 10.0. The second-order valence-electron chi connectivity index (χ2n) is 4.94. The molecular weight excluding hydrogens is 266 g/mol. The van der Waals surface area contributed by atoms with Gasteiger partial charge in [-0.05, 0) is 37.6 Å². The number of Topliss-reactive ketones (excluding diaryl/α,β-unsaturated/α-hetero) is 1. The van der Waals surface area contributed by atoms with Gasteiger partial charge in [0.15, 0.2) is 0 Å². The molecule has 106 valence electrons. The lowest BCUT2D eigenvalue weighted by Gasteiger charge is -2.03. The second-order valence-corrected chi connectivity index (χ2v) is 4.94. The number of aromatic nitrogens is 3. The van der Waals surface area contributed by atoms with Gasteiger partial charge in [0.25, 0.3) is 0 Å². The van der Waals surface area contributed by atoms with Crippen molar-refractivity contribution in [3.05, 3.63) is 42.4 Å². The molecule has 1 aromatic carbocycles. The predicted octanol–water partition coefficient (Wildman–Crippen LogP) is 3.37. The van der Waals surface area contributed by atoms with E-state index in [2.05, 4.69) is 15.1 Å². The van der Waals surface area contributed by atoms with Crippen LogP contribution in [-0.4, -0.2) is 20.9 Å². The smallest absolute Gasteiger partial charge is 0.237 e. The van der Waals surface area contributed by atoms with Gasteiger partial charge in [0, 0.05) is 17.1 Å². The number of carbonyl (C=O) groups is 1. The minimum absolute atomic E-state index is 0.0374. The summed E-state index contributed by atoms with van der Waals surface area (Å²) in [4.78, 5) is 20.2. The first-order valence-electron chi connectivity index (χ1n) is 6.88. The summed E-state index contributed by atoms with van der Waals surface area (Å²) in [6.07, 6.45) is 2.41. The van der Waals surface area contributed by atoms with Crippen LogP contribution < -0.4 is 0 Å². The maximum absolute atomic E-state index is 11.6. The van der Waals surface area contributed by atoms with Crippen molar-refractivity contribution < 1.29 is 9.32 Å². The zero-order valence-corrected chi connectivity index (χ0v) is 11.9. The maximum atomic E-state index is 11.6. The summed E-state index contributed by atoms with van der Waals surface area (Å²) in [5.74, 6) is 0.588. The van der Waals surface area contributed by atoms with Crippen molar-refractivity contribution in [1.82, 2.24) is 15.1 Å². The fourth-order valence-electron chi connectivity index (χ4n) is 2.34. The summed E-state index contributed by atoms with van der Waals surface area (Å²) in [6, 6.07) is 9.65. The summed E-state index contributed by atoms with van der Waals surface area (Å²) in [5.41, 5.74) is 1.77. The first kappa shape index (κ1) is 13.4. The molecule has 3 aromatic rings. The monoisotopic (exact) mass is 281 g/mol. The predicted molar refractivity (Wildman–Crippen MR) is 78.7 cm³/mol. The van der Waals surface area contributed by atoms with E-state index in [0.717, 1.165) is 16.5 Å². The molecule has 21 heavy (non-hydrogen) atoms. The highest BCUT2D eigenvalue weighted by Crippen LogP contribution is 2.24. The Kier molecular flexibility index (Phi) is 3.48. The minimum Gasteiger partial charge on any atom is -0.338 e. The molecule has 0 saturated carbocycles. The fourth-order valence-corrected chi connectivity index (χ4v) is 2.34. The van der Waals surface area contributed by atoms with E-state index in [0.29, 0.717) is 18.1 Å². The summed E-state index contributed by atoms with van der Waals surface area (Å²) in [5, 5.41) is 5.00. The van der Waals surface area contributed by atoms with E-state index >= 15 is 0 Å². The van der Waals surface area contributed by atoms with Gasteiger partial charge >= 0.3 is 0 Å². The van der Waals surface area contributed by atoms with E-state index in [9.17, 15) is 4.79 Å². The van der Waals surface area contributed by atoms with Crippen LogP contribution in [0.5, 0.6) is 0 Å². The maximum Gasteiger partial charge on any atom is 0.237 e. The molecule has 5 heteroatoms. The Morgan fingerprint density at radius 2 is 2.19 bits per heavy atom. The molecular formula is C16H15N3O2. The first-order chi connectivity index (χ1) is 10.2. The standard InChI is InChI=1S/C16H15N3O2/c1-3-13(10(2)20)16-18-15(19-21-16)12-6-7-14-11(9-12)5-4-8-17-14/h4-9,13H,3H2,1-2H3. The molecule has 0 N–H and O–H groups in total. The van der Waals surface area contributed by atoms with E-state index < -0.39 is 0 Å². The molecule has 1 unspecified atom stereocenters. The molecule has 0 bridgehead atoms. The number of hydrogen-bond acceptors (Lipinski definition) is 5. The molecule has 5 nitrogen and oxygen atoms in total. The normalized spacial score (nSPS) is 12.5. The average Bonchev–Trinajstić information content (AvgIpc) is 2.96. The minimum atomic E-state index is -0.326. The van der Waals surface area contributed by atoms with E-state index in [1.807, 2.05) is 37.3 Å². The summed E-state index contributed by atoms with van der Waals surface area (Å²) >= 11 is 0. The van der Waals surface area contributed by atoms with Crippen LogP contribution in [0, 0.1) is 0 Å². The molecule has 3 rings (SSSR count). The molecule has 2 heterocycles. The Hall–Kier alpha value is -2.56. The SMILES string of the molecule is CCC(C(C)=O)c1nc(-c2ccc3ncccc3c2)no1. The fraction of sp³-hybridized carbons (Fsp3) is 0.250. The number of benzene rings is 1. The Balaban J connectivity index is 1.99. The zero-order chi connectivity index (χ0) is 14.8. The number of rotatable bonds is 4. The highest BCUT2D eigenvalue weighted by atomic mass is 16.5. The Morgan fingerprint density at radius 1 is 1.33 bits per heavy atom. The summed E-state index contributed by atoms with van der Waals surface area (Å²) in [6.45, 7) is 3.47. The molecule has 0 saturated heterocycles. The van der Waals surface area contributed by atoms with Gasteiger partial charge < -0.3 is 4.52 Å². The summed E-state index contributed by atoms with van der Waals surface area (Å²) < 4.78 is 5.25. The van der Waals surface area contributed by atoms with Crippen LogP contribution in [0.1, 0.15) is 32.1 Å². The van der Waals surface area contributed by atoms with Gasteiger partial charge in [0.2, 0.25) is 11.7 Å². The van der Waals surface area contributed by atoms with E-state index in [1.54, 1.807) is 13.1 Å². The molecule has 0 aliphatic carbocycles. The number of nitrogens with zero attached hydrogens (tertiary/aromatic N) is 3. The van der Waals surface area contributed by atoms with Crippen LogP contribution in [0.25, 0.3) is 22.3 Å². The Bertz CT molecular complexity index is 795. The lowest BCUT2D eigenvalue weighted by molar-refractivity contribution is -0.119. The molecule has 0 fully saturated rings. The zero-order valence-electron chi connectivity index (χ0n) is 11.9. The molecule has 0 spiro atoms. The highest BCUT2D eigenvalue weighted by Gasteiger charge is 2.22. The molecule has 1 atom stereocenters. The van der Waals surface area contributed by atoms with Crippen LogP contribution >= 0.6 is 0 Å². The van der Waals surface area contributed by atoms with E-state index in [1.165, 1.54) is 0 Å². The number of fused-ring (bicyclic) bond motifs is 1. The van der Waals surface area contributed by atoms with Crippen LogP contribution in [-0.2, 0) is 4.79 Å². The van der Waals surface area contributed by atoms with Crippen molar-refractivity contribution in [1.29, 1.82) is 0 Å². The molecule has 2 aromatic heterocycles. The van der Waals surface area contributed by atoms with Gasteiger partial charge in [0.1, 0.15) is 5.78 Å². The molecule has 0 aliphatic rings. The largest absolute Gasteiger partial charge is 0.338 e. The van der Waals surface area contributed by atoms with Gasteiger partial charge in [-0.1, -0.05) is 18.1 Å². The van der Waals surface area contributed by atoms with Crippen LogP contribution in [0.2, 0.25) is 0 Å². The van der Waals surface area contributed by atoms with Crippen molar-refractivity contribution >= 4 is 16.7 Å². The van der Waals surface area contributed by atoms with E-state index in [-0.39, 0.29) is 11.7 Å². The number of carbonyl (C=O) groups excluding carboxylic acids is 1. The molecule has 0 radical (unpaired) electrons. The van der Waals surface area contributed by atoms with Gasteiger partial charge in [-0.25, -0.2) is 0 Å². The van der Waals surface area contributed by atoms with Gasteiger partial charge in [-0.15, -0.1) is 0 Å². The molecule has 0 amide bonds. The third-order valence-electron chi connectivity index (χ3n) is 3.50. The molecule has 0 aliphatic heterocycles. The van der Waals surface area contributed by atoms with Crippen LogP contribution in [0.3, 0.4) is 0 Å². The number of hydrogen-bond donors (Lipinski definition) is 0. The third kappa shape index (κ3) is 2.54. The van der Waals surface area contributed by atoms with Gasteiger partial charge in [0.05, 0.1) is 11.4 Å². The van der Waals surface area contributed by atoms with Crippen molar-refractivity contribution in [2.75, 3.05) is 0 Å². The van der Waals surface area contributed by atoms with Crippen molar-refractivity contribution in [2.24, 2.45) is 0 Å². The topological polar surface area (TPSA) is 68.9 Å².